The SMILES string of the molecule is O=S1(=O)CC[C@H](c2nn(C[NH+](Cc3ccc(F)cc3)C3CC3)c(=S)o2)C1. The number of sulfone groups is 1. The van der Waals surface area contributed by atoms with Gasteiger partial charge in [-0.1, -0.05) is 12.1 Å². The summed E-state index contributed by atoms with van der Waals surface area (Å²) in [7, 11) is -3.00. The first-order chi connectivity index (χ1) is 12.4. The lowest BCUT2D eigenvalue weighted by atomic mass is 10.1. The molecule has 0 amide bonds. The normalized spacial score (nSPS) is 23.2. The number of halogens is 1. The van der Waals surface area contributed by atoms with Gasteiger partial charge in [0, 0.05) is 18.4 Å². The first kappa shape index (κ1) is 17.8. The number of nitrogens with one attached hydrogen (secondary N) is 1. The second-order valence-corrected chi connectivity index (χ2v) is 9.78. The van der Waals surface area contributed by atoms with E-state index in [4.69, 9.17) is 16.6 Å². The maximum atomic E-state index is 13.1. The summed E-state index contributed by atoms with van der Waals surface area (Å²) < 4.78 is 43.7. The second-order valence-electron chi connectivity index (χ2n) is 7.20. The Balaban J connectivity index is 1.49. The predicted molar refractivity (Wildman–Crippen MR) is 95.4 cm³/mol. The molecule has 1 saturated carbocycles. The van der Waals surface area contributed by atoms with Gasteiger partial charge in [-0.15, -0.1) is 5.10 Å². The molecule has 6 nitrogen and oxygen atoms in total. The van der Waals surface area contributed by atoms with Gasteiger partial charge in [-0.05, 0) is 30.8 Å². The molecule has 1 aliphatic carbocycles. The van der Waals surface area contributed by atoms with Crippen molar-refractivity contribution in [1.29, 1.82) is 0 Å². The standard InChI is InChI=1S/C17H20FN3O3S2/c18-14-3-1-12(2-4-14)9-20(15-5-6-15)11-21-17(25)24-16(19-21)13-7-8-26(22,23)10-13/h1-4,13,15H,5-11H2/p+1/t13-/m0/s1. The summed E-state index contributed by atoms with van der Waals surface area (Å²) in [4.78, 5) is 1.58. The van der Waals surface area contributed by atoms with E-state index in [0.29, 0.717) is 25.0 Å². The van der Waals surface area contributed by atoms with Crippen molar-refractivity contribution in [3.8, 4) is 0 Å². The predicted octanol–water partition coefficient (Wildman–Crippen LogP) is 1.45. The minimum atomic E-state index is -3.00. The smallest absolute Gasteiger partial charge is 0.291 e. The minimum absolute atomic E-state index is 0.0804. The lowest BCUT2D eigenvalue weighted by Crippen LogP contribution is -3.11. The van der Waals surface area contributed by atoms with E-state index < -0.39 is 9.84 Å². The average Bonchev–Trinajstić information content (AvgIpc) is 3.29. The van der Waals surface area contributed by atoms with Crippen molar-refractivity contribution in [3.63, 3.8) is 0 Å². The molecule has 0 radical (unpaired) electrons. The Morgan fingerprint density at radius 2 is 2.00 bits per heavy atom. The Labute approximate surface area is 156 Å². The topological polar surface area (TPSA) is 69.5 Å². The van der Waals surface area contributed by atoms with Gasteiger partial charge in [0.2, 0.25) is 5.89 Å². The van der Waals surface area contributed by atoms with Gasteiger partial charge >= 0.3 is 0 Å². The molecule has 2 fully saturated rings. The maximum Gasteiger partial charge on any atom is 0.291 e. The number of aromatic nitrogens is 2. The van der Waals surface area contributed by atoms with E-state index in [1.807, 2.05) is 0 Å². The first-order valence-electron chi connectivity index (χ1n) is 8.77. The Morgan fingerprint density at radius 1 is 1.27 bits per heavy atom. The van der Waals surface area contributed by atoms with E-state index in [9.17, 15) is 12.8 Å². The Bertz CT molecular complexity index is 948. The van der Waals surface area contributed by atoms with Crippen molar-refractivity contribution in [3.05, 3.63) is 46.4 Å². The Morgan fingerprint density at radius 3 is 2.62 bits per heavy atom. The third kappa shape index (κ3) is 4.05. The summed E-state index contributed by atoms with van der Waals surface area (Å²) in [5, 5.41) is 4.46. The fourth-order valence-corrected chi connectivity index (χ4v) is 5.38. The van der Waals surface area contributed by atoms with Crippen LogP contribution in [0, 0.1) is 10.7 Å². The van der Waals surface area contributed by atoms with Crippen LogP contribution in [-0.2, 0) is 23.1 Å². The van der Waals surface area contributed by atoms with Crippen molar-refractivity contribution in [2.75, 3.05) is 11.5 Å². The van der Waals surface area contributed by atoms with E-state index in [1.165, 1.54) is 17.0 Å². The molecule has 140 valence electrons. The molecule has 1 aromatic heterocycles. The average molecular weight is 399 g/mol. The highest BCUT2D eigenvalue weighted by atomic mass is 32.2. The number of benzene rings is 1. The monoisotopic (exact) mass is 398 g/mol. The molecule has 1 N–H and O–H groups in total. The number of hydrogen-bond acceptors (Lipinski definition) is 5. The van der Waals surface area contributed by atoms with E-state index in [0.717, 1.165) is 24.9 Å². The van der Waals surface area contributed by atoms with E-state index in [1.54, 1.807) is 16.8 Å². The van der Waals surface area contributed by atoms with Crippen LogP contribution < -0.4 is 4.90 Å². The van der Waals surface area contributed by atoms with E-state index in [-0.39, 0.29) is 28.1 Å². The second kappa shape index (κ2) is 6.86. The van der Waals surface area contributed by atoms with Crippen LogP contribution >= 0.6 is 12.2 Å². The summed E-state index contributed by atoms with van der Waals surface area (Å²) in [6.45, 7) is 1.32. The van der Waals surface area contributed by atoms with E-state index in [2.05, 4.69) is 5.10 Å². The molecule has 2 heterocycles. The van der Waals surface area contributed by atoms with Gasteiger partial charge in [-0.3, -0.25) is 0 Å². The highest BCUT2D eigenvalue weighted by Gasteiger charge is 2.35. The zero-order chi connectivity index (χ0) is 18.3. The third-order valence-electron chi connectivity index (χ3n) is 5.06. The summed E-state index contributed by atoms with van der Waals surface area (Å²) >= 11 is 5.29. The van der Waals surface area contributed by atoms with Gasteiger partial charge < -0.3 is 9.32 Å². The van der Waals surface area contributed by atoms with Crippen LogP contribution in [-0.4, -0.2) is 35.7 Å². The van der Waals surface area contributed by atoms with Crippen LogP contribution in [0.15, 0.2) is 28.7 Å². The van der Waals surface area contributed by atoms with Gasteiger partial charge in [0.1, 0.15) is 12.4 Å². The van der Waals surface area contributed by atoms with Crippen LogP contribution in [0.4, 0.5) is 4.39 Å². The summed E-state index contributed by atoms with van der Waals surface area (Å²) in [6.07, 6.45) is 2.83. The molecule has 0 spiro atoms. The molecule has 26 heavy (non-hydrogen) atoms. The lowest BCUT2D eigenvalue weighted by Gasteiger charge is -2.18. The molecule has 9 heteroatoms. The summed E-state index contributed by atoms with van der Waals surface area (Å²) in [5.74, 6) is 0.238. The highest BCUT2D eigenvalue weighted by Crippen LogP contribution is 2.27. The Hall–Kier alpha value is -1.58. The molecular weight excluding hydrogens is 377 g/mol. The number of rotatable bonds is 6. The molecular formula is C17H21FN3O3S2+. The molecule has 1 aliphatic heterocycles. The fourth-order valence-electron chi connectivity index (χ4n) is 3.45. The molecule has 2 aromatic rings. The van der Waals surface area contributed by atoms with Crippen LogP contribution in [0.3, 0.4) is 0 Å². The molecule has 2 atom stereocenters. The van der Waals surface area contributed by atoms with Gasteiger partial charge in [-0.2, -0.15) is 4.68 Å². The molecule has 4 rings (SSSR count). The molecule has 1 unspecified atom stereocenters. The zero-order valence-electron chi connectivity index (χ0n) is 14.2. The van der Waals surface area contributed by atoms with Gasteiger partial charge in [0.15, 0.2) is 16.5 Å². The maximum absolute atomic E-state index is 13.1. The molecule has 1 saturated heterocycles. The minimum Gasteiger partial charge on any atom is -0.413 e. The van der Waals surface area contributed by atoms with Crippen LogP contribution in [0.25, 0.3) is 0 Å². The molecule has 0 bridgehead atoms. The number of quaternary nitrogens is 1. The van der Waals surface area contributed by atoms with Crippen LogP contribution in [0.5, 0.6) is 0 Å². The van der Waals surface area contributed by atoms with Gasteiger partial charge in [-0.25, -0.2) is 12.8 Å². The zero-order valence-corrected chi connectivity index (χ0v) is 15.9. The van der Waals surface area contributed by atoms with Crippen molar-refractivity contribution in [2.45, 2.75) is 44.4 Å². The van der Waals surface area contributed by atoms with Crippen LogP contribution in [0.1, 0.15) is 36.6 Å². The largest absolute Gasteiger partial charge is 0.413 e. The summed E-state index contributed by atoms with van der Waals surface area (Å²) in [6, 6.07) is 7.08. The number of nitrogens with zero attached hydrogens (tertiary/aromatic N) is 2. The van der Waals surface area contributed by atoms with Crippen molar-refractivity contribution >= 4 is 22.1 Å². The number of hydrogen-bond donors (Lipinski definition) is 1. The fraction of sp³-hybridized carbons (Fsp3) is 0.529. The van der Waals surface area contributed by atoms with Gasteiger partial charge in [0.05, 0.1) is 23.5 Å². The lowest BCUT2D eigenvalue weighted by molar-refractivity contribution is -0.947. The quantitative estimate of drug-likeness (QED) is 0.746. The molecule has 1 aromatic carbocycles. The third-order valence-corrected chi connectivity index (χ3v) is 7.12. The molecule has 2 aliphatic rings. The first-order valence-corrected chi connectivity index (χ1v) is 11.0. The Kier molecular flexibility index (Phi) is 4.70. The van der Waals surface area contributed by atoms with Crippen molar-refractivity contribution < 1.29 is 22.1 Å². The van der Waals surface area contributed by atoms with Crippen LogP contribution in [0.2, 0.25) is 0 Å². The van der Waals surface area contributed by atoms with Crippen molar-refractivity contribution in [1.82, 2.24) is 9.78 Å². The van der Waals surface area contributed by atoms with E-state index >= 15 is 0 Å². The van der Waals surface area contributed by atoms with Gasteiger partial charge in [0.25, 0.3) is 4.84 Å². The van der Waals surface area contributed by atoms with Crippen molar-refractivity contribution in [2.24, 2.45) is 0 Å². The summed E-state index contributed by atoms with van der Waals surface area (Å²) in [5.41, 5.74) is 1.06. The highest BCUT2D eigenvalue weighted by molar-refractivity contribution is 7.91.